The lowest BCUT2D eigenvalue weighted by atomic mass is 10.2. The van der Waals surface area contributed by atoms with E-state index in [1.165, 1.54) is 18.9 Å². The van der Waals surface area contributed by atoms with Crippen molar-refractivity contribution in [1.29, 1.82) is 0 Å². The molecule has 116 valence electrons. The molecule has 0 unspecified atom stereocenters. The van der Waals surface area contributed by atoms with E-state index in [0.29, 0.717) is 19.2 Å². The van der Waals surface area contributed by atoms with Crippen LogP contribution in [0.1, 0.15) is 13.3 Å². The Balaban J connectivity index is 2.50. The van der Waals surface area contributed by atoms with Gasteiger partial charge in [-0.3, -0.25) is 9.59 Å². The molecule has 1 aromatic rings. The maximum atomic E-state index is 13.4. The molecule has 0 atom stereocenters. The second-order valence-corrected chi connectivity index (χ2v) is 4.42. The van der Waals surface area contributed by atoms with Gasteiger partial charge in [-0.05, 0) is 12.1 Å². The highest BCUT2D eigenvalue weighted by atomic mass is 19.1. The smallest absolute Gasteiger partial charge is 0.226 e. The number of ether oxygens (including phenoxy) is 1. The molecule has 0 aliphatic heterocycles. The lowest BCUT2D eigenvalue weighted by molar-refractivity contribution is -0.130. The van der Waals surface area contributed by atoms with Gasteiger partial charge in [0, 0.05) is 39.6 Å². The molecule has 1 aromatic carbocycles. The zero-order valence-electron chi connectivity index (χ0n) is 12.0. The summed E-state index contributed by atoms with van der Waals surface area (Å²) in [6.07, 6.45) is 0.0140. The van der Waals surface area contributed by atoms with Crippen molar-refractivity contribution < 1.29 is 23.1 Å². The number of hydrogen-bond acceptors (Lipinski definition) is 3. The van der Waals surface area contributed by atoms with Gasteiger partial charge in [0.1, 0.15) is 11.6 Å². The zero-order chi connectivity index (χ0) is 15.8. The van der Waals surface area contributed by atoms with Gasteiger partial charge in [0.2, 0.25) is 11.8 Å². The lowest BCUT2D eigenvalue weighted by Gasteiger charge is -2.20. The Hall–Kier alpha value is -2.02. The summed E-state index contributed by atoms with van der Waals surface area (Å²) in [5.41, 5.74) is -0.0901. The number of methoxy groups -OCH3 is 1. The van der Waals surface area contributed by atoms with Gasteiger partial charge in [-0.2, -0.15) is 0 Å². The molecule has 1 rings (SSSR count). The first-order chi connectivity index (χ1) is 9.93. The third-order valence-electron chi connectivity index (χ3n) is 2.82. The first-order valence-corrected chi connectivity index (χ1v) is 6.43. The second-order valence-electron chi connectivity index (χ2n) is 4.42. The third-order valence-corrected chi connectivity index (χ3v) is 2.82. The van der Waals surface area contributed by atoms with E-state index < -0.39 is 17.5 Å². The number of hydrogen-bond donors (Lipinski definition) is 1. The first kappa shape index (κ1) is 17.0. The van der Waals surface area contributed by atoms with Crippen LogP contribution in [0.15, 0.2) is 18.2 Å². The van der Waals surface area contributed by atoms with Gasteiger partial charge in [-0.25, -0.2) is 8.78 Å². The summed E-state index contributed by atoms with van der Waals surface area (Å²) in [6.45, 7) is 2.35. The van der Waals surface area contributed by atoms with Crippen LogP contribution in [0.25, 0.3) is 0 Å². The van der Waals surface area contributed by atoms with Crippen LogP contribution < -0.4 is 5.32 Å². The maximum absolute atomic E-state index is 13.4. The van der Waals surface area contributed by atoms with Crippen LogP contribution in [-0.2, 0) is 14.3 Å². The van der Waals surface area contributed by atoms with Crippen molar-refractivity contribution in [2.24, 2.45) is 0 Å². The Bertz CT molecular complexity index is 509. The molecule has 2 amide bonds. The van der Waals surface area contributed by atoms with Crippen LogP contribution in [0.2, 0.25) is 0 Å². The number of anilines is 1. The Morgan fingerprint density at radius 3 is 2.57 bits per heavy atom. The van der Waals surface area contributed by atoms with Crippen molar-refractivity contribution in [3.63, 3.8) is 0 Å². The maximum Gasteiger partial charge on any atom is 0.226 e. The number of rotatable bonds is 7. The van der Waals surface area contributed by atoms with E-state index in [1.807, 2.05) is 0 Å². The lowest BCUT2D eigenvalue weighted by Crippen LogP contribution is -2.34. The van der Waals surface area contributed by atoms with Crippen LogP contribution in [0.5, 0.6) is 0 Å². The molecule has 21 heavy (non-hydrogen) atoms. The quantitative estimate of drug-likeness (QED) is 0.835. The van der Waals surface area contributed by atoms with E-state index >= 15 is 0 Å². The van der Waals surface area contributed by atoms with E-state index in [4.69, 9.17) is 4.74 Å². The fourth-order valence-electron chi connectivity index (χ4n) is 1.67. The SMILES string of the molecule is COCCN(CCC(=O)Nc1ccc(F)cc1F)C(C)=O. The van der Waals surface area contributed by atoms with E-state index in [1.54, 1.807) is 0 Å². The van der Waals surface area contributed by atoms with Gasteiger partial charge in [-0.15, -0.1) is 0 Å². The molecule has 0 heterocycles. The Kier molecular flexibility index (Phi) is 6.74. The molecule has 5 nitrogen and oxygen atoms in total. The molecule has 0 fully saturated rings. The number of carbonyl (C=O) groups is 2. The minimum atomic E-state index is -0.842. The number of nitrogens with one attached hydrogen (secondary N) is 1. The van der Waals surface area contributed by atoms with Crippen LogP contribution in [0.4, 0.5) is 14.5 Å². The van der Waals surface area contributed by atoms with Crippen molar-refractivity contribution in [3.05, 3.63) is 29.8 Å². The predicted molar refractivity (Wildman–Crippen MR) is 73.7 cm³/mol. The van der Waals surface area contributed by atoms with Crippen molar-refractivity contribution in [2.75, 3.05) is 32.1 Å². The highest BCUT2D eigenvalue weighted by Gasteiger charge is 2.12. The second kappa shape index (κ2) is 8.31. The Morgan fingerprint density at radius 2 is 2.00 bits per heavy atom. The fourth-order valence-corrected chi connectivity index (χ4v) is 1.67. The summed E-state index contributed by atoms with van der Waals surface area (Å²) in [6, 6.07) is 2.89. The summed E-state index contributed by atoms with van der Waals surface area (Å²) in [4.78, 5) is 24.5. The molecular formula is C14H18F2N2O3. The van der Waals surface area contributed by atoms with Gasteiger partial charge in [0.25, 0.3) is 0 Å². The average Bonchev–Trinajstić information content (AvgIpc) is 2.41. The number of nitrogens with zero attached hydrogens (tertiary/aromatic N) is 1. The van der Waals surface area contributed by atoms with Crippen molar-refractivity contribution in [3.8, 4) is 0 Å². The van der Waals surface area contributed by atoms with Gasteiger partial charge in [0.05, 0.1) is 12.3 Å². The number of benzene rings is 1. The molecule has 0 bridgehead atoms. The van der Waals surface area contributed by atoms with Crippen molar-refractivity contribution in [2.45, 2.75) is 13.3 Å². The van der Waals surface area contributed by atoms with Crippen LogP contribution in [-0.4, -0.2) is 43.5 Å². The molecule has 0 aliphatic rings. The molecule has 1 N–H and O–H groups in total. The zero-order valence-corrected chi connectivity index (χ0v) is 12.0. The first-order valence-electron chi connectivity index (χ1n) is 6.43. The number of halogens is 2. The molecule has 0 saturated carbocycles. The average molecular weight is 300 g/mol. The van der Waals surface area contributed by atoms with Crippen molar-refractivity contribution in [1.82, 2.24) is 4.90 Å². The van der Waals surface area contributed by atoms with E-state index in [9.17, 15) is 18.4 Å². The van der Waals surface area contributed by atoms with E-state index in [-0.39, 0.29) is 24.6 Å². The number of amides is 2. The summed E-state index contributed by atoms with van der Waals surface area (Å²) >= 11 is 0. The van der Waals surface area contributed by atoms with Gasteiger partial charge in [-0.1, -0.05) is 0 Å². The summed E-state index contributed by atoms with van der Waals surface area (Å²) in [5.74, 6) is -2.18. The molecule has 0 radical (unpaired) electrons. The largest absolute Gasteiger partial charge is 0.383 e. The monoisotopic (exact) mass is 300 g/mol. The van der Waals surface area contributed by atoms with Crippen molar-refractivity contribution >= 4 is 17.5 Å². The highest BCUT2D eigenvalue weighted by molar-refractivity contribution is 5.91. The Labute approximate surface area is 121 Å². The van der Waals surface area contributed by atoms with Gasteiger partial charge < -0.3 is 15.0 Å². The van der Waals surface area contributed by atoms with Gasteiger partial charge >= 0.3 is 0 Å². The molecule has 0 aliphatic carbocycles. The van der Waals surface area contributed by atoms with Gasteiger partial charge in [0.15, 0.2) is 0 Å². The summed E-state index contributed by atoms with van der Waals surface area (Å²) in [7, 11) is 1.52. The molecular weight excluding hydrogens is 282 g/mol. The van der Waals surface area contributed by atoms with Crippen LogP contribution in [0.3, 0.4) is 0 Å². The van der Waals surface area contributed by atoms with Crippen LogP contribution >= 0.6 is 0 Å². The summed E-state index contributed by atoms with van der Waals surface area (Å²) in [5, 5.41) is 2.34. The normalized spacial score (nSPS) is 10.3. The number of carbonyl (C=O) groups excluding carboxylic acids is 2. The molecule has 0 spiro atoms. The van der Waals surface area contributed by atoms with Crippen LogP contribution in [0, 0.1) is 11.6 Å². The molecule has 0 aromatic heterocycles. The van der Waals surface area contributed by atoms with E-state index in [2.05, 4.69) is 5.32 Å². The fraction of sp³-hybridized carbons (Fsp3) is 0.429. The molecule has 7 heteroatoms. The minimum Gasteiger partial charge on any atom is -0.383 e. The minimum absolute atomic E-state index is 0.0140. The standard InChI is InChI=1S/C14H18F2N2O3/c1-10(19)18(7-8-21-2)6-5-14(20)17-13-4-3-11(15)9-12(13)16/h3-4,9H,5-8H2,1-2H3,(H,17,20). The third kappa shape index (κ3) is 5.86. The highest BCUT2D eigenvalue weighted by Crippen LogP contribution is 2.15. The Morgan fingerprint density at radius 1 is 1.29 bits per heavy atom. The summed E-state index contributed by atoms with van der Waals surface area (Å²) < 4.78 is 31.0. The van der Waals surface area contributed by atoms with E-state index in [0.717, 1.165) is 12.1 Å². The predicted octanol–water partition coefficient (Wildman–Crippen LogP) is 1.79. The topological polar surface area (TPSA) is 58.6 Å². The molecule has 0 saturated heterocycles.